The van der Waals surface area contributed by atoms with Gasteiger partial charge in [0, 0.05) is 14.1 Å². The van der Waals surface area contributed by atoms with Crippen molar-refractivity contribution in [2.45, 2.75) is 13.5 Å². The van der Waals surface area contributed by atoms with Crippen LogP contribution < -0.4 is 9.47 Å². The molecule has 1 heterocycles. The first-order valence-corrected chi connectivity index (χ1v) is 9.23. The van der Waals surface area contributed by atoms with Gasteiger partial charge in [-0.1, -0.05) is 18.2 Å². The number of thiocarbonyl (C=S) groups is 1. The second-order valence-electron chi connectivity index (χ2n) is 6.29. The Kier molecular flexibility index (Phi) is 5.94. The van der Waals surface area contributed by atoms with Crippen molar-refractivity contribution >= 4 is 29.3 Å². The number of hydrogen-bond acceptors (Lipinski definition) is 4. The van der Waals surface area contributed by atoms with Crippen LogP contribution in [0, 0.1) is 5.82 Å². The molecule has 28 heavy (non-hydrogen) atoms. The van der Waals surface area contributed by atoms with Gasteiger partial charge in [-0.05, 0) is 60.6 Å². The molecule has 2 aromatic rings. The van der Waals surface area contributed by atoms with Gasteiger partial charge in [-0.3, -0.25) is 9.69 Å². The van der Waals surface area contributed by atoms with Crippen LogP contribution in [0.15, 0.2) is 48.2 Å². The molecule has 2 aromatic carbocycles. The molecule has 3 rings (SSSR count). The molecule has 1 aliphatic heterocycles. The van der Waals surface area contributed by atoms with Crippen LogP contribution in [0.5, 0.6) is 11.5 Å². The van der Waals surface area contributed by atoms with E-state index in [0.717, 1.165) is 11.1 Å². The van der Waals surface area contributed by atoms with Crippen molar-refractivity contribution in [3.8, 4) is 11.5 Å². The summed E-state index contributed by atoms with van der Waals surface area (Å²) in [7, 11) is 3.41. The van der Waals surface area contributed by atoms with Crippen molar-refractivity contribution in [3.05, 3.63) is 65.1 Å². The van der Waals surface area contributed by atoms with Crippen LogP contribution in [0.1, 0.15) is 18.1 Å². The third-order valence-corrected chi connectivity index (χ3v) is 4.86. The van der Waals surface area contributed by atoms with E-state index in [-0.39, 0.29) is 18.3 Å². The largest absolute Gasteiger partial charge is 0.490 e. The lowest BCUT2D eigenvalue weighted by Crippen LogP contribution is -2.26. The number of carbonyl (C=O) groups is 1. The molecule has 0 unspecified atom stereocenters. The van der Waals surface area contributed by atoms with Crippen molar-refractivity contribution in [1.29, 1.82) is 0 Å². The first-order chi connectivity index (χ1) is 13.4. The molecule has 5 nitrogen and oxygen atoms in total. The second kappa shape index (κ2) is 8.39. The summed E-state index contributed by atoms with van der Waals surface area (Å²) in [4.78, 5) is 15.4. The van der Waals surface area contributed by atoms with E-state index in [1.54, 1.807) is 49.3 Å². The number of halogens is 1. The zero-order valence-electron chi connectivity index (χ0n) is 15.9. The summed E-state index contributed by atoms with van der Waals surface area (Å²) in [6.07, 6.45) is 1.76. The van der Waals surface area contributed by atoms with E-state index in [2.05, 4.69) is 0 Å². The van der Waals surface area contributed by atoms with Gasteiger partial charge in [-0.15, -0.1) is 0 Å². The highest BCUT2D eigenvalue weighted by molar-refractivity contribution is 7.80. The van der Waals surface area contributed by atoms with Gasteiger partial charge < -0.3 is 14.4 Å². The zero-order chi connectivity index (χ0) is 20.3. The molecule has 0 saturated carbocycles. The Balaban J connectivity index is 1.84. The summed E-state index contributed by atoms with van der Waals surface area (Å²) in [5.74, 6) is 0.641. The molecule has 146 valence electrons. The Morgan fingerprint density at radius 2 is 1.86 bits per heavy atom. The summed E-state index contributed by atoms with van der Waals surface area (Å²) in [5, 5.41) is 0.455. The van der Waals surface area contributed by atoms with Crippen molar-refractivity contribution in [2.24, 2.45) is 0 Å². The summed E-state index contributed by atoms with van der Waals surface area (Å²) >= 11 is 5.23. The summed E-state index contributed by atoms with van der Waals surface area (Å²) < 4.78 is 24.8. The van der Waals surface area contributed by atoms with Gasteiger partial charge in [-0.2, -0.15) is 0 Å². The summed E-state index contributed by atoms with van der Waals surface area (Å²) in [5.41, 5.74) is 2.00. The quantitative estimate of drug-likeness (QED) is 0.545. The molecule has 1 fully saturated rings. The molecule has 1 aliphatic rings. The number of carbonyl (C=O) groups excluding carboxylic acids is 1. The summed E-state index contributed by atoms with van der Waals surface area (Å²) in [6, 6.07) is 11.7. The minimum atomic E-state index is -0.304. The fourth-order valence-corrected chi connectivity index (χ4v) is 3.02. The van der Waals surface area contributed by atoms with Gasteiger partial charge in [-0.25, -0.2) is 4.39 Å². The lowest BCUT2D eigenvalue weighted by atomic mass is 10.1. The van der Waals surface area contributed by atoms with Crippen LogP contribution in [0.3, 0.4) is 0 Å². The molecule has 0 bridgehead atoms. The lowest BCUT2D eigenvalue weighted by Gasteiger charge is -2.14. The topological polar surface area (TPSA) is 42.0 Å². The van der Waals surface area contributed by atoms with Crippen molar-refractivity contribution in [1.82, 2.24) is 9.80 Å². The minimum absolute atomic E-state index is 0.156. The van der Waals surface area contributed by atoms with E-state index in [4.69, 9.17) is 21.7 Å². The molecule has 7 heteroatoms. The van der Waals surface area contributed by atoms with E-state index in [1.807, 2.05) is 13.0 Å². The van der Waals surface area contributed by atoms with Crippen molar-refractivity contribution < 1.29 is 18.7 Å². The van der Waals surface area contributed by atoms with E-state index in [1.165, 1.54) is 17.0 Å². The first kappa shape index (κ1) is 19.8. The molecule has 0 atom stereocenters. The molecule has 0 aliphatic carbocycles. The Bertz CT molecular complexity index is 945. The number of amides is 1. The Hall–Kier alpha value is -2.93. The third kappa shape index (κ3) is 4.14. The SMILES string of the molecule is CCOc1cc(/C=C2/C(=O)N(C)C(=S)N2C)ccc1OCc1cccc(F)c1. The Morgan fingerprint density at radius 1 is 1.07 bits per heavy atom. The van der Waals surface area contributed by atoms with Crippen LogP contribution in [0.25, 0.3) is 6.08 Å². The monoisotopic (exact) mass is 400 g/mol. The molecular weight excluding hydrogens is 379 g/mol. The molecule has 1 saturated heterocycles. The standard InChI is InChI=1S/C21H21FN2O3S/c1-4-26-19-12-14(11-17-20(25)24(3)21(28)23(17)2)8-9-18(19)27-13-15-6-5-7-16(22)10-15/h5-12H,4,13H2,1-3H3/b17-11-. The van der Waals surface area contributed by atoms with Crippen LogP contribution in [-0.4, -0.2) is 41.5 Å². The average molecular weight is 400 g/mol. The fraction of sp³-hybridized carbons (Fsp3) is 0.238. The first-order valence-electron chi connectivity index (χ1n) is 8.82. The third-order valence-electron chi connectivity index (χ3n) is 4.31. The van der Waals surface area contributed by atoms with E-state index >= 15 is 0 Å². The van der Waals surface area contributed by atoms with Crippen molar-refractivity contribution in [2.75, 3.05) is 20.7 Å². The smallest absolute Gasteiger partial charge is 0.276 e. The van der Waals surface area contributed by atoms with E-state index in [0.29, 0.717) is 28.9 Å². The summed E-state index contributed by atoms with van der Waals surface area (Å²) in [6.45, 7) is 2.56. The van der Waals surface area contributed by atoms with Crippen molar-refractivity contribution in [3.63, 3.8) is 0 Å². The molecule has 0 radical (unpaired) electrons. The molecule has 0 N–H and O–H groups in total. The van der Waals surface area contributed by atoms with Gasteiger partial charge >= 0.3 is 0 Å². The van der Waals surface area contributed by atoms with Crippen LogP contribution >= 0.6 is 12.2 Å². The van der Waals surface area contributed by atoms with Gasteiger partial charge in [0.15, 0.2) is 16.6 Å². The zero-order valence-corrected chi connectivity index (χ0v) is 16.8. The molecule has 1 amide bonds. The number of rotatable bonds is 6. The van der Waals surface area contributed by atoms with Crippen LogP contribution in [0.4, 0.5) is 4.39 Å². The maximum atomic E-state index is 13.3. The predicted octanol–water partition coefficient (Wildman–Crippen LogP) is 3.83. The lowest BCUT2D eigenvalue weighted by molar-refractivity contribution is -0.121. The number of likely N-dealkylation sites (N-methyl/N-ethyl adjacent to an activating group) is 2. The van der Waals surface area contributed by atoms with Crippen LogP contribution in [0.2, 0.25) is 0 Å². The van der Waals surface area contributed by atoms with Gasteiger partial charge in [0.05, 0.1) is 6.61 Å². The maximum Gasteiger partial charge on any atom is 0.276 e. The normalized spacial score (nSPS) is 15.5. The molecular formula is C21H21FN2O3S. The van der Waals surface area contributed by atoms with Gasteiger partial charge in [0.1, 0.15) is 18.1 Å². The van der Waals surface area contributed by atoms with Gasteiger partial charge in [0.25, 0.3) is 5.91 Å². The van der Waals surface area contributed by atoms with Crippen LogP contribution in [-0.2, 0) is 11.4 Å². The maximum absolute atomic E-state index is 13.3. The van der Waals surface area contributed by atoms with E-state index < -0.39 is 0 Å². The highest BCUT2D eigenvalue weighted by Crippen LogP contribution is 2.31. The Morgan fingerprint density at radius 3 is 2.50 bits per heavy atom. The average Bonchev–Trinajstić information content (AvgIpc) is 2.85. The molecule has 0 aromatic heterocycles. The highest BCUT2D eigenvalue weighted by atomic mass is 32.1. The molecule has 0 spiro atoms. The predicted molar refractivity (Wildman–Crippen MR) is 109 cm³/mol. The fourth-order valence-electron chi connectivity index (χ4n) is 2.84. The van der Waals surface area contributed by atoms with E-state index in [9.17, 15) is 9.18 Å². The number of benzene rings is 2. The Labute approximate surface area is 169 Å². The number of ether oxygens (including phenoxy) is 2. The highest BCUT2D eigenvalue weighted by Gasteiger charge is 2.32. The second-order valence-corrected chi connectivity index (χ2v) is 6.66. The number of hydrogen-bond donors (Lipinski definition) is 0. The minimum Gasteiger partial charge on any atom is -0.490 e. The number of nitrogens with zero attached hydrogens (tertiary/aromatic N) is 2. The van der Waals surface area contributed by atoms with Gasteiger partial charge in [0.2, 0.25) is 0 Å².